The molecule has 1 amide bonds. The quantitative estimate of drug-likeness (QED) is 0.600. The van der Waals surface area contributed by atoms with Crippen molar-refractivity contribution in [2.75, 3.05) is 12.4 Å². The highest BCUT2D eigenvalue weighted by molar-refractivity contribution is 5.76. The lowest BCUT2D eigenvalue weighted by Gasteiger charge is -2.24. The molecule has 1 aromatic carbocycles. The van der Waals surface area contributed by atoms with Gasteiger partial charge < -0.3 is 10.6 Å². The van der Waals surface area contributed by atoms with E-state index in [4.69, 9.17) is 4.98 Å². The first kappa shape index (κ1) is 21.4. The Morgan fingerprint density at radius 1 is 1.27 bits per heavy atom. The number of aromatic nitrogens is 1. The van der Waals surface area contributed by atoms with Crippen LogP contribution < -0.4 is 10.6 Å². The number of benzene rings is 1. The third-order valence-electron chi connectivity index (χ3n) is 5.13. The molecule has 3 rings (SSSR count). The maximum atomic E-state index is 13.7. The van der Waals surface area contributed by atoms with Crippen LogP contribution in [0.3, 0.4) is 0 Å². The van der Waals surface area contributed by atoms with Gasteiger partial charge in [-0.15, -0.1) is 0 Å². The van der Waals surface area contributed by atoms with Gasteiger partial charge in [0.25, 0.3) is 0 Å². The van der Waals surface area contributed by atoms with E-state index in [-0.39, 0.29) is 6.42 Å². The highest BCUT2D eigenvalue weighted by Crippen LogP contribution is 2.35. The van der Waals surface area contributed by atoms with Crippen molar-refractivity contribution >= 4 is 23.7 Å². The van der Waals surface area contributed by atoms with Crippen molar-refractivity contribution in [1.82, 2.24) is 10.3 Å². The van der Waals surface area contributed by atoms with E-state index in [1.807, 2.05) is 25.3 Å². The lowest BCUT2D eigenvalue weighted by atomic mass is 9.87. The highest BCUT2D eigenvalue weighted by Gasteiger charge is 2.23. The van der Waals surface area contributed by atoms with Crippen molar-refractivity contribution in [2.45, 2.75) is 25.8 Å². The standard InChI is InChI=1S/C24H25F2N3O/c1-4-21-22(27-3)13-20(17-7-5-6-15(2)8-17)24(29-21)23(28-14-30)11-16-9-18(25)12-19(26)10-16/h4-7,9-10,12-15,23,27H,1,8,11H2,2-3H3,(H,28,30). The predicted octanol–water partition coefficient (Wildman–Crippen LogP) is 5.05. The summed E-state index contributed by atoms with van der Waals surface area (Å²) >= 11 is 0. The maximum Gasteiger partial charge on any atom is 0.207 e. The first-order valence-electron chi connectivity index (χ1n) is 9.82. The van der Waals surface area contributed by atoms with Crippen LogP contribution in [0, 0.1) is 17.6 Å². The van der Waals surface area contributed by atoms with E-state index in [0.29, 0.717) is 29.3 Å². The Balaban J connectivity index is 2.13. The minimum atomic E-state index is -0.658. The van der Waals surface area contributed by atoms with Crippen molar-refractivity contribution in [1.29, 1.82) is 0 Å². The molecule has 1 heterocycles. The number of halogens is 2. The molecule has 1 aliphatic rings. The molecule has 2 unspecified atom stereocenters. The Morgan fingerprint density at radius 2 is 2.00 bits per heavy atom. The zero-order valence-electron chi connectivity index (χ0n) is 17.1. The lowest BCUT2D eigenvalue weighted by molar-refractivity contribution is -0.110. The van der Waals surface area contributed by atoms with Gasteiger partial charge in [0.15, 0.2) is 0 Å². The van der Waals surface area contributed by atoms with Gasteiger partial charge in [-0.2, -0.15) is 0 Å². The normalized spacial score (nSPS) is 16.5. The number of nitrogens with zero attached hydrogens (tertiary/aromatic N) is 1. The number of carbonyl (C=O) groups is 1. The van der Waals surface area contributed by atoms with Gasteiger partial charge in [-0.3, -0.25) is 4.79 Å². The van der Waals surface area contributed by atoms with Gasteiger partial charge in [0, 0.05) is 18.7 Å². The van der Waals surface area contributed by atoms with Crippen LogP contribution >= 0.6 is 0 Å². The molecule has 0 aliphatic heterocycles. The highest BCUT2D eigenvalue weighted by atomic mass is 19.1. The lowest BCUT2D eigenvalue weighted by Crippen LogP contribution is -2.25. The van der Waals surface area contributed by atoms with Gasteiger partial charge >= 0.3 is 0 Å². The van der Waals surface area contributed by atoms with Gasteiger partial charge in [0.2, 0.25) is 6.41 Å². The fraction of sp³-hybridized carbons (Fsp3) is 0.250. The van der Waals surface area contributed by atoms with Crippen LogP contribution in [0.2, 0.25) is 0 Å². The first-order valence-corrected chi connectivity index (χ1v) is 9.82. The summed E-state index contributed by atoms with van der Waals surface area (Å²) in [5.41, 5.74) is 4.49. The molecular formula is C24H25F2N3O. The topological polar surface area (TPSA) is 54.0 Å². The van der Waals surface area contributed by atoms with Crippen LogP contribution in [0.4, 0.5) is 14.5 Å². The van der Waals surface area contributed by atoms with Crippen LogP contribution in [0.5, 0.6) is 0 Å². The summed E-state index contributed by atoms with van der Waals surface area (Å²) < 4.78 is 27.4. The number of rotatable bonds is 8. The van der Waals surface area contributed by atoms with Crippen LogP contribution in [-0.2, 0) is 11.2 Å². The minimum Gasteiger partial charge on any atom is -0.386 e. The number of allylic oxidation sites excluding steroid dienone is 4. The van der Waals surface area contributed by atoms with E-state index < -0.39 is 17.7 Å². The third-order valence-corrected chi connectivity index (χ3v) is 5.13. The van der Waals surface area contributed by atoms with Crippen molar-refractivity contribution in [3.8, 4) is 0 Å². The Bertz CT molecular complexity index is 994. The molecule has 156 valence electrons. The maximum absolute atomic E-state index is 13.7. The number of carbonyl (C=O) groups excluding carboxylic acids is 1. The summed E-state index contributed by atoms with van der Waals surface area (Å²) in [5.74, 6) is -0.951. The average Bonchev–Trinajstić information content (AvgIpc) is 2.71. The number of nitrogens with one attached hydrogen (secondary N) is 2. The second kappa shape index (κ2) is 9.48. The summed E-state index contributed by atoms with van der Waals surface area (Å²) in [4.78, 5) is 16.2. The van der Waals surface area contributed by atoms with Crippen LogP contribution in [0.25, 0.3) is 11.6 Å². The second-order valence-corrected chi connectivity index (χ2v) is 7.39. The van der Waals surface area contributed by atoms with Crippen LogP contribution in [0.1, 0.15) is 41.9 Å². The van der Waals surface area contributed by atoms with E-state index in [1.54, 1.807) is 6.08 Å². The Morgan fingerprint density at radius 3 is 2.60 bits per heavy atom. The smallest absolute Gasteiger partial charge is 0.207 e. The molecule has 4 nitrogen and oxygen atoms in total. The molecular weight excluding hydrogens is 384 g/mol. The Hall–Kier alpha value is -3.28. The van der Waals surface area contributed by atoms with E-state index in [0.717, 1.165) is 29.3 Å². The fourth-order valence-corrected chi connectivity index (χ4v) is 3.75. The SMILES string of the molecule is C=Cc1nc(C(Cc2cc(F)cc(F)c2)NC=O)c(C2=CC=CC(C)C2)cc1NC. The molecule has 2 atom stereocenters. The van der Waals surface area contributed by atoms with Crippen molar-refractivity contribution < 1.29 is 13.6 Å². The molecule has 0 saturated carbocycles. The molecule has 30 heavy (non-hydrogen) atoms. The molecule has 0 saturated heterocycles. The number of hydrogen-bond acceptors (Lipinski definition) is 3. The summed E-state index contributed by atoms with van der Waals surface area (Å²) in [7, 11) is 1.81. The van der Waals surface area contributed by atoms with E-state index >= 15 is 0 Å². The second-order valence-electron chi connectivity index (χ2n) is 7.39. The number of hydrogen-bond donors (Lipinski definition) is 2. The molecule has 0 fully saturated rings. The van der Waals surface area contributed by atoms with Gasteiger partial charge in [-0.25, -0.2) is 13.8 Å². The van der Waals surface area contributed by atoms with E-state index in [1.165, 1.54) is 12.1 Å². The molecule has 0 bridgehead atoms. The largest absolute Gasteiger partial charge is 0.386 e. The molecule has 1 aromatic heterocycles. The van der Waals surface area contributed by atoms with Gasteiger partial charge in [0.1, 0.15) is 11.6 Å². The number of amides is 1. The van der Waals surface area contributed by atoms with E-state index in [2.05, 4.69) is 30.2 Å². The van der Waals surface area contributed by atoms with Gasteiger partial charge in [-0.05, 0) is 54.2 Å². The molecule has 0 radical (unpaired) electrons. The number of pyridine rings is 1. The average molecular weight is 409 g/mol. The number of anilines is 1. The molecule has 6 heteroatoms. The van der Waals surface area contributed by atoms with Crippen molar-refractivity contribution in [3.63, 3.8) is 0 Å². The molecule has 2 N–H and O–H groups in total. The zero-order valence-corrected chi connectivity index (χ0v) is 17.1. The summed E-state index contributed by atoms with van der Waals surface area (Å²) in [5, 5.41) is 5.91. The monoisotopic (exact) mass is 409 g/mol. The van der Waals surface area contributed by atoms with Crippen LogP contribution in [-0.4, -0.2) is 18.4 Å². The summed E-state index contributed by atoms with van der Waals surface area (Å²) in [6.45, 7) is 5.96. The van der Waals surface area contributed by atoms with Crippen LogP contribution in [0.15, 0.2) is 49.1 Å². The van der Waals surface area contributed by atoms with Gasteiger partial charge in [-0.1, -0.05) is 31.7 Å². The molecule has 1 aliphatic carbocycles. The Labute approximate surface area is 175 Å². The fourth-order valence-electron chi connectivity index (χ4n) is 3.75. The van der Waals surface area contributed by atoms with E-state index in [9.17, 15) is 13.6 Å². The Kier molecular flexibility index (Phi) is 6.77. The summed E-state index contributed by atoms with van der Waals surface area (Å²) in [6.07, 6.45) is 9.42. The van der Waals surface area contributed by atoms with Gasteiger partial charge in [0.05, 0.1) is 23.1 Å². The predicted molar refractivity (Wildman–Crippen MR) is 117 cm³/mol. The molecule has 2 aromatic rings. The summed E-state index contributed by atoms with van der Waals surface area (Å²) in [6, 6.07) is 4.79. The van der Waals surface area contributed by atoms with Crippen molar-refractivity contribution in [3.05, 3.63) is 83.2 Å². The minimum absolute atomic E-state index is 0.196. The molecule has 0 spiro atoms. The first-order chi connectivity index (χ1) is 14.4. The van der Waals surface area contributed by atoms with Crippen molar-refractivity contribution in [2.24, 2.45) is 5.92 Å². The third kappa shape index (κ3) is 4.82. The zero-order chi connectivity index (χ0) is 21.7.